The second-order valence-electron chi connectivity index (χ2n) is 4.79. The highest BCUT2D eigenvalue weighted by atomic mass is 28.4. The largest absolute Gasteiger partial charge is 0.411 e. The molecule has 1 fully saturated rings. The minimum atomic E-state index is -1.45. The molecular weight excluding hydrogens is 204 g/mol. The van der Waals surface area contributed by atoms with Gasteiger partial charge < -0.3 is 9.53 Å². The Labute approximate surface area is 95.2 Å². The Balaban J connectivity index is 2.54. The van der Waals surface area contributed by atoms with Crippen molar-refractivity contribution in [1.82, 2.24) is 0 Å². The molecule has 2 atom stereocenters. The Morgan fingerprint density at radius 2 is 2.00 bits per heavy atom. The van der Waals surface area contributed by atoms with Crippen LogP contribution in [0.4, 0.5) is 0 Å². The molecule has 90 valence electrons. The minimum Gasteiger partial charge on any atom is -0.411 e. The SMILES string of the molecule is CCCC(O)C1CCC[Si](CC)(CC)O1. The molecule has 0 aromatic heterocycles. The van der Waals surface area contributed by atoms with Gasteiger partial charge in [-0.3, -0.25) is 0 Å². The number of rotatable bonds is 5. The van der Waals surface area contributed by atoms with Gasteiger partial charge in [0.2, 0.25) is 0 Å². The monoisotopic (exact) mass is 230 g/mol. The van der Waals surface area contributed by atoms with Crippen LogP contribution in [0.5, 0.6) is 0 Å². The quantitative estimate of drug-likeness (QED) is 0.734. The van der Waals surface area contributed by atoms with Crippen molar-refractivity contribution in [1.29, 1.82) is 0 Å². The van der Waals surface area contributed by atoms with E-state index in [1.54, 1.807) is 0 Å². The fraction of sp³-hybridized carbons (Fsp3) is 1.00. The highest BCUT2D eigenvalue weighted by Gasteiger charge is 2.38. The van der Waals surface area contributed by atoms with Crippen LogP contribution in [0.2, 0.25) is 18.1 Å². The van der Waals surface area contributed by atoms with Crippen molar-refractivity contribution < 1.29 is 9.53 Å². The summed E-state index contributed by atoms with van der Waals surface area (Å²) in [4.78, 5) is 0. The van der Waals surface area contributed by atoms with Crippen LogP contribution in [0, 0.1) is 0 Å². The van der Waals surface area contributed by atoms with E-state index in [1.165, 1.54) is 24.6 Å². The van der Waals surface area contributed by atoms with Crippen molar-refractivity contribution in [3.63, 3.8) is 0 Å². The molecule has 0 spiro atoms. The number of hydrogen-bond donors (Lipinski definition) is 1. The molecule has 1 N–H and O–H groups in total. The van der Waals surface area contributed by atoms with Gasteiger partial charge in [0.15, 0.2) is 8.32 Å². The third kappa shape index (κ3) is 3.30. The van der Waals surface area contributed by atoms with E-state index in [4.69, 9.17) is 4.43 Å². The third-order valence-electron chi connectivity index (χ3n) is 3.82. The average molecular weight is 230 g/mol. The Hall–Kier alpha value is 0.137. The van der Waals surface area contributed by atoms with Gasteiger partial charge in [0.25, 0.3) is 0 Å². The molecule has 0 aromatic carbocycles. The summed E-state index contributed by atoms with van der Waals surface area (Å²) < 4.78 is 6.28. The van der Waals surface area contributed by atoms with Gasteiger partial charge >= 0.3 is 0 Å². The molecule has 0 bridgehead atoms. The van der Waals surface area contributed by atoms with Crippen LogP contribution in [0.15, 0.2) is 0 Å². The lowest BCUT2D eigenvalue weighted by Crippen LogP contribution is -2.47. The fourth-order valence-electron chi connectivity index (χ4n) is 2.59. The van der Waals surface area contributed by atoms with E-state index in [9.17, 15) is 5.11 Å². The number of aliphatic hydroxyl groups excluding tert-OH is 1. The molecule has 0 amide bonds. The van der Waals surface area contributed by atoms with Crippen LogP contribution in [-0.4, -0.2) is 25.6 Å². The summed E-state index contributed by atoms with van der Waals surface area (Å²) in [6.45, 7) is 6.63. The van der Waals surface area contributed by atoms with E-state index in [2.05, 4.69) is 20.8 Å². The summed E-state index contributed by atoms with van der Waals surface area (Å²) in [7, 11) is -1.45. The summed E-state index contributed by atoms with van der Waals surface area (Å²) in [6.07, 6.45) is 4.19. The topological polar surface area (TPSA) is 29.5 Å². The van der Waals surface area contributed by atoms with Crippen molar-refractivity contribution in [2.75, 3.05) is 0 Å². The van der Waals surface area contributed by atoms with E-state index < -0.39 is 8.32 Å². The Kier molecular flexibility index (Phi) is 5.30. The summed E-state index contributed by atoms with van der Waals surface area (Å²) in [5.41, 5.74) is 0. The second kappa shape index (κ2) is 6.02. The number of aliphatic hydroxyl groups is 1. The lowest BCUT2D eigenvalue weighted by molar-refractivity contribution is 0.00996. The molecule has 1 saturated heterocycles. The zero-order valence-corrected chi connectivity index (χ0v) is 11.5. The first-order valence-electron chi connectivity index (χ1n) is 6.53. The van der Waals surface area contributed by atoms with Crippen molar-refractivity contribution in [2.24, 2.45) is 0 Å². The zero-order chi connectivity index (χ0) is 11.3. The molecule has 0 aromatic rings. The predicted octanol–water partition coefficient (Wildman–Crippen LogP) is 3.31. The fourth-order valence-corrected chi connectivity index (χ4v) is 6.01. The Bertz CT molecular complexity index is 180. The smallest absolute Gasteiger partial charge is 0.192 e. The highest BCUT2D eigenvalue weighted by molar-refractivity contribution is 6.73. The van der Waals surface area contributed by atoms with E-state index in [0.717, 1.165) is 19.3 Å². The molecule has 1 rings (SSSR count). The van der Waals surface area contributed by atoms with Crippen LogP contribution in [0.25, 0.3) is 0 Å². The van der Waals surface area contributed by atoms with E-state index >= 15 is 0 Å². The second-order valence-corrected chi connectivity index (χ2v) is 9.31. The van der Waals surface area contributed by atoms with Gasteiger partial charge in [0, 0.05) is 0 Å². The molecule has 0 saturated carbocycles. The van der Waals surface area contributed by atoms with E-state index in [1.807, 2.05) is 0 Å². The lowest BCUT2D eigenvalue weighted by atomic mass is 10.1. The summed E-state index contributed by atoms with van der Waals surface area (Å²) in [6, 6.07) is 3.72. The van der Waals surface area contributed by atoms with Crippen molar-refractivity contribution in [3.8, 4) is 0 Å². The third-order valence-corrected chi connectivity index (χ3v) is 8.47. The zero-order valence-electron chi connectivity index (χ0n) is 10.5. The maximum absolute atomic E-state index is 9.99. The van der Waals surface area contributed by atoms with Gasteiger partial charge in [-0.25, -0.2) is 0 Å². The van der Waals surface area contributed by atoms with E-state index in [0.29, 0.717) is 0 Å². The van der Waals surface area contributed by atoms with Gasteiger partial charge in [-0.1, -0.05) is 33.6 Å². The molecule has 15 heavy (non-hydrogen) atoms. The van der Waals surface area contributed by atoms with E-state index in [-0.39, 0.29) is 12.2 Å². The standard InChI is InChI=1S/C12H26O2Si/c1-4-8-11(13)12-9-7-10-15(5-2,6-3)14-12/h11-13H,4-10H2,1-3H3. The summed E-state index contributed by atoms with van der Waals surface area (Å²) in [5, 5.41) is 9.99. The summed E-state index contributed by atoms with van der Waals surface area (Å²) in [5.74, 6) is 0. The predicted molar refractivity (Wildman–Crippen MR) is 66.5 cm³/mol. The molecule has 2 nitrogen and oxygen atoms in total. The van der Waals surface area contributed by atoms with Crippen molar-refractivity contribution >= 4 is 8.32 Å². The highest BCUT2D eigenvalue weighted by Crippen LogP contribution is 2.33. The van der Waals surface area contributed by atoms with Crippen LogP contribution in [-0.2, 0) is 4.43 Å². The maximum Gasteiger partial charge on any atom is 0.192 e. The molecule has 0 aliphatic carbocycles. The van der Waals surface area contributed by atoms with Crippen LogP contribution in [0.1, 0.15) is 46.5 Å². The molecule has 0 radical (unpaired) electrons. The van der Waals surface area contributed by atoms with Gasteiger partial charge in [-0.05, 0) is 31.0 Å². The normalized spacial score (nSPS) is 27.6. The minimum absolute atomic E-state index is 0.144. The Morgan fingerprint density at radius 3 is 2.53 bits per heavy atom. The van der Waals surface area contributed by atoms with Crippen LogP contribution >= 0.6 is 0 Å². The number of hydrogen-bond acceptors (Lipinski definition) is 2. The first-order valence-corrected chi connectivity index (χ1v) is 9.06. The van der Waals surface area contributed by atoms with Crippen molar-refractivity contribution in [3.05, 3.63) is 0 Å². The first kappa shape index (κ1) is 13.2. The average Bonchev–Trinajstić information content (AvgIpc) is 2.29. The first-order chi connectivity index (χ1) is 7.17. The van der Waals surface area contributed by atoms with Crippen molar-refractivity contribution in [2.45, 2.75) is 76.8 Å². The molecule has 3 heteroatoms. The lowest BCUT2D eigenvalue weighted by Gasteiger charge is -2.40. The van der Waals surface area contributed by atoms with Crippen LogP contribution < -0.4 is 0 Å². The maximum atomic E-state index is 9.99. The Morgan fingerprint density at radius 1 is 1.33 bits per heavy atom. The van der Waals surface area contributed by atoms with Gasteiger partial charge in [-0.15, -0.1) is 0 Å². The molecule has 1 aliphatic heterocycles. The van der Waals surface area contributed by atoms with Gasteiger partial charge in [-0.2, -0.15) is 0 Å². The van der Waals surface area contributed by atoms with Gasteiger partial charge in [0.1, 0.15) is 0 Å². The molecular formula is C12H26O2Si. The van der Waals surface area contributed by atoms with Crippen LogP contribution in [0.3, 0.4) is 0 Å². The molecule has 2 unspecified atom stereocenters. The summed E-state index contributed by atoms with van der Waals surface area (Å²) >= 11 is 0. The molecule has 1 aliphatic rings. The van der Waals surface area contributed by atoms with Gasteiger partial charge in [0.05, 0.1) is 12.2 Å². The molecule has 1 heterocycles.